The number of H-pyrrole nitrogens is 1. The lowest BCUT2D eigenvalue weighted by molar-refractivity contribution is 0.410. The average Bonchev–Trinajstić information content (AvgIpc) is 3.08. The maximum atomic E-state index is 5.35. The summed E-state index contributed by atoms with van der Waals surface area (Å²) in [4.78, 5) is 0. The summed E-state index contributed by atoms with van der Waals surface area (Å²) in [5, 5.41) is 13.9. The van der Waals surface area contributed by atoms with Crippen LogP contribution >= 0.6 is 0 Å². The zero-order valence-corrected chi connectivity index (χ0v) is 11.7. The van der Waals surface area contributed by atoms with E-state index in [-0.39, 0.29) is 0 Å². The first-order valence-corrected chi connectivity index (χ1v) is 6.69. The van der Waals surface area contributed by atoms with Crippen LogP contribution in [0.3, 0.4) is 0 Å². The highest BCUT2D eigenvalue weighted by Crippen LogP contribution is 2.22. The van der Waals surface area contributed by atoms with Gasteiger partial charge in [-0.3, -0.25) is 5.10 Å². The second kappa shape index (κ2) is 6.09. The molecule has 0 bridgehead atoms. The summed E-state index contributed by atoms with van der Waals surface area (Å²) in [5.41, 5.74) is 4.00. The number of anilines is 1. The van der Waals surface area contributed by atoms with E-state index in [1.54, 1.807) is 13.3 Å². The van der Waals surface area contributed by atoms with Crippen molar-refractivity contribution in [2.75, 3.05) is 12.4 Å². The fourth-order valence-electron chi connectivity index (χ4n) is 2.18. The Kier molecular flexibility index (Phi) is 3.82. The minimum atomic E-state index is 0.701. The molecule has 5 heteroatoms. The standard InChI is InChI=1S/C16H16N4O/c1-21-16-8-3-2-5-13(16)10-17-14-7-4-6-12(9-14)15-11-18-20-19-15/h2-9,11,17H,10H2,1H3,(H,18,19,20). The molecule has 1 heterocycles. The van der Waals surface area contributed by atoms with Crippen LogP contribution in [0, 0.1) is 0 Å². The van der Waals surface area contributed by atoms with Crippen LogP contribution in [0.2, 0.25) is 0 Å². The van der Waals surface area contributed by atoms with Gasteiger partial charge < -0.3 is 10.1 Å². The van der Waals surface area contributed by atoms with E-state index in [0.717, 1.165) is 28.3 Å². The molecule has 106 valence electrons. The zero-order valence-electron chi connectivity index (χ0n) is 11.7. The molecule has 0 radical (unpaired) electrons. The normalized spacial score (nSPS) is 10.3. The van der Waals surface area contributed by atoms with Gasteiger partial charge in [0.05, 0.1) is 7.11 Å². The van der Waals surface area contributed by atoms with Gasteiger partial charge in [-0.25, -0.2) is 0 Å². The molecular weight excluding hydrogens is 264 g/mol. The van der Waals surface area contributed by atoms with Crippen molar-refractivity contribution in [1.82, 2.24) is 15.4 Å². The molecule has 0 atom stereocenters. The van der Waals surface area contributed by atoms with Crippen LogP contribution in [0.4, 0.5) is 5.69 Å². The van der Waals surface area contributed by atoms with E-state index >= 15 is 0 Å². The molecular formula is C16H16N4O. The largest absolute Gasteiger partial charge is 0.496 e. The zero-order chi connectivity index (χ0) is 14.5. The summed E-state index contributed by atoms with van der Waals surface area (Å²) < 4.78 is 5.35. The first-order valence-electron chi connectivity index (χ1n) is 6.69. The fourth-order valence-corrected chi connectivity index (χ4v) is 2.18. The van der Waals surface area contributed by atoms with Crippen LogP contribution in [0.5, 0.6) is 5.75 Å². The molecule has 0 fully saturated rings. The molecule has 5 nitrogen and oxygen atoms in total. The summed E-state index contributed by atoms with van der Waals surface area (Å²) in [6.45, 7) is 0.701. The maximum Gasteiger partial charge on any atom is 0.123 e. The predicted molar refractivity (Wildman–Crippen MR) is 82.1 cm³/mol. The van der Waals surface area contributed by atoms with E-state index in [0.29, 0.717) is 6.54 Å². The Morgan fingerprint density at radius 3 is 2.86 bits per heavy atom. The van der Waals surface area contributed by atoms with Crippen LogP contribution in [-0.4, -0.2) is 22.5 Å². The number of hydrogen-bond acceptors (Lipinski definition) is 4. The van der Waals surface area contributed by atoms with Gasteiger partial charge in [0.2, 0.25) is 0 Å². The molecule has 0 amide bonds. The fraction of sp³-hybridized carbons (Fsp3) is 0.125. The van der Waals surface area contributed by atoms with Crippen molar-refractivity contribution >= 4 is 5.69 Å². The van der Waals surface area contributed by atoms with E-state index in [1.807, 2.05) is 48.5 Å². The number of aromatic amines is 1. The van der Waals surface area contributed by atoms with Crippen molar-refractivity contribution in [1.29, 1.82) is 0 Å². The Morgan fingerprint density at radius 2 is 2.05 bits per heavy atom. The monoisotopic (exact) mass is 280 g/mol. The molecule has 0 aliphatic heterocycles. The lowest BCUT2D eigenvalue weighted by Gasteiger charge is -2.11. The number of aromatic nitrogens is 3. The number of nitrogens with one attached hydrogen (secondary N) is 2. The molecule has 0 saturated heterocycles. The van der Waals surface area contributed by atoms with Crippen LogP contribution < -0.4 is 10.1 Å². The number of rotatable bonds is 5. The van der Waals surface area contributed by atoms with Gasteiger partial charge in [0, 0.05) is 29.6 Å². The molecule has 0 unspecified atom stereocenters. The number of methoxy groups -OCH3 is 1. The van der Waals surface area contributed by atoms with Crippen molar-refractivity contribution in [2.45, 2.75) is 6.54 Å². The Hall–Kier alpha value is -2.82. The second-order valence-corrected chi connectivity index (χ2v) is 4.60. The maximum absolute atomic E-state index is 5.35. The third-order valence-corrected chi connectivity index (χ3v) is 3.25. The van der Waals surface area contributed by atoms with Gasteiger partial charge in [0.25, 0.3) is 0 Å². The number of hydrogen-bond donors (Lipinski definition) is 2. The highest BCUT2D eigenvalue weighted by molar-refractivity contribution is 5.64. The van der Waals surface area contributed by atoms with Gasteiger partial charge in [-0.15, -0.1) is 5.10 Å². The Bertz CT molecular complexity index is 710. The van der Waals surface area contributed by atoms with E-state index in [1.165, 1.54) is 0 Å². The third-order valence-electron chi connectivity index (χ3n) is 3.25. The van der Waals surface area contributed by atoms with Crippen LogP contribution in [0.25, 0.3) is 11.3 Å². The van der Waals surface area contributed by atoms with Gasteiger partial charge >= 0.3 is 0 Å². The van der Waals surface area contributed by atoms with Gasteiger partial charge in [0.15, 0.2) is 0 Å². The van der Waals surface area contributed by atoms with Crippen molar-refractivity contribution in [2.24, 2.45) is 0 Å². The highest BCUT2D eigenvalue weighted by Gasteiger charge is 2.04. The van der Waals surface area contributed by atoms with Crippen molar-refractivity contribution in [3.05, 3.63) is 60.3 Å². The summed E-state index contributed by atoms with van der Waals surface area (Å²) in [6.07, 6.45) is 1.78. The van der Waals surface area contributed by atoms with E-state index in [2.05, 4.69) is 20.7 Å². The molecule has 2 aromatic carbocycles. The summed E-state index contributed by atoms with van der Waals surface area (Å²) in [6, 6.07) is 16.1. The Labute approximate surface area is 123 Å². The van der Waals surface area contributed by atoms with E-state index in [9.17, 15) is 0 Å². The predicted octanol–water partition coefficient (Wildman–Crippen LogP) is 3.09. The SMILES string of the molecule is COc1ccccc1CNc1cccc(-c2c[nH]nn2)c1. The number of nitrogens with zero attached hydrogens (tertiary/aromatic N) is 2. The molecule has 3 aromatic rings. The van der Waals surface area contributed by atoms with Crippen molar-refractivity contribution in [3.8, 4) is 17.0 Å². The minimum absolute atomic E-state index is 0.701. The quantitative estimate of drug-likeness (QED) is 0.754. The van der Waals surface area contributed by atoms with Gasteiger partial charge in [-0.05, 0) is 18.2 Å². The summed E-state index contributed by atoms with van der Waals surface area (Å²) in [5.74, 6) is 0.887. The molecule has 2 N–H and O–H groups in total. The molecule has 21 heavy (non-hydrogen) atoms. The molecule has 1 aromatic heterocycles. The molecule has 3 rings (SSSR count). The Balaban J connectivity index is 1.75. The van der Waals surface area contributed by atoms with Crippen molar-refractivity contribution < 1.29 is 4.74 Å². The van der Waals surface area contributed by atoms with Gasteiger partial charge in [-0.1, -0.05) is 35.5 Å². The number of para-hydroxylation sites is 1. The Morgan fingerprint density at radius 1 is 1.14 bits per heavy atom. The van der Waals surface area contributed by atoms with E-state index in [4.69, 9.17) is 4.74 Å². The lowest BCUT2D eigenvalue weighted by atomic mass is 10.1. The topological polar surface area (TPSA) is 62.8 Å². The van der Waals surface area contributed by atoms with Crippen LogP contribution in [0.15, 0.2) is 54.7 Å². The smallest absolute Gasteiger partial charge is 0.123 e. The van der Waals surface area contributed by atoms with Gasteiger partial charge in [0.1, 0.15) is 11.4 Å². The van der Waals surface area contributed by atoms with Crippen molar-refractivity contribution in [3.63, 3.8) is 0 Å². The van der Waals surface area contributed by atoms with Crippen LogP contribution in [0.1, 0.15) is 5.56 Å². The molecule has 0 aliphatic rings. The summed E-state index contributed by atoms with van der Waals surface area (Å²) in [7, 11) is 1.68. The van der Waals surface area contributed by atoms with Gasteiger partial charge in [-0.2, -0.15) is 0 Å². The molecule has 0 saturated carbocycles. The number of benzene rings is 2. The number of ether oxygens (including phenoxy) is 1. The van der Waals surface area contributed by atoms with E-state index < -0.39 is 0 Å². The average molecular weight is 280 g/mol. The minimum Gasteiger partial charge on any atom is -0.496 e. The molecule has 0 spiro atoms. The first kappa shape index (κ1) is 13.2. The first-order chi connectivity index (χ1) is 10.4. The van der Waals surface area contributed by atoms with Crippen LogP contribution in [-0.2, 0) is 6.54 Å². The second-order valence-electron chi connectivity index (χ2n) is 4.60. The highest BCUT2D eigenvalue weighted by atomic mass is 16.5. The summed E-state index contributed by atoms with van der Waals surface area (Å²) >= 11 is 0. The lowest BCUT2D eigenvalue weighted by Crippen LogP contribution is -2.01. The molecule has 0 aliphatic carbocycles. The third kappa shape index (κ3) is 3.02.